The van der Waals surface area contributed by atoms with Crippen LogP contribution in [-0.2, 0) is 25.6 Å². The summed E-state index contributed by atoms with van der Waals surface area (Å²) < 4.78 is 0. The van der Waals surface area contributed by atoms with Crippen molar-refractivity contribution in [2.45, 2.75) is 52.5 Å². The first-order chi connectivity index (χ1) is 15.8. The third-order valence-corrected chi connectivity index (χ3v) is 6.48. The highest BCUT2D eigenvalue weighted by Crippen LogP contribution is 2.35. The van der Waals surface area contributed by atoms with E-state index in [2.05, 4.69) is 5.32 Å². The molecule has 0 spiro atoms. The van der Waals surface area contributed by atoms with E-state index in [9.17, 15) is 19.2 Å². The average Bonchev–Trinajstić information content (AvgIpc) is 3.06. The van der Waals surface area contributed by atoms with E-state index in [-0.39, 0.29) is 48.4 Å². The molecular weight excluding hydrogens is 418 g/mol. The van der Waals surface area contributed by atoms with Gasteiger partial charge in [0.15, 0.2) is 0 Å². The molecule has 1 saturated heterocycles. The molecule has 1 heterocycles. The maximum absolute atomic E-state index is 13.2. The van der Waals surface area contributed by atoms with Crippen molar-refractivity contribution in [1.29, 1.82) is 0 Å². The third kappa shape index (κ3) is 6.09. The third-order valence-electron chi connectivity index (χ3n) is 6.48. The van der Waals surface area contributed by atoms with Crippen molar-refractivity contribution in [3.63, 3.8) is 0 Å². The van der Waals surface area contributed by atoms with Crippen molar-refractivity contribution >= 4 is 23.6 Å². The van der Waals surface area contributed by atoms with Gasteiger partial charge in [0.2, 0.25) is 23.6 Å². The predicted molar refractivity (Wildman–Crippen MR) is 126 cm³/mol. The Hall–Kier alpha value is -2.96. The molecule has 1 aromatic rings. The number of hydrogen-bond donors (Lipinski definition) is 1. The maximum Gasteiger partial charge on any atom is 0.242 e. The van der Waals surface area contributed by atoms with Crippen LogP contribution in [0.4, 0.5) is 0 Å². The second-order valence-corrected chi connectivity index (χ2v) is 9.37. The lowest BCUT2D eigenvalue weighted by Crippen LogP contribution is -2.50. The van der Waals surface area contributed by atoms with Crippen molar-refractivity contribution in [3.05, 3.63) is 48.0 Å². The summed E-state index contributed by atoms with van der Waals surface area (Å²) in [7, 11) is 0. The van der Waals surface area contributed by atoms with Gasteiger partial charge in [-0.1, -0.05) is 56.3 Å². The Morgan fingerprint density at radius 2 is 1.64 bits per heavy atom. The molecule has 0 aromatic heterocycles. The SMILES string of the molecule is CC(C)CNC(=O)[C@@H](C)N(CCc1ccccc1)C(=O)CCN1C(=O)[C@H]2CC=CC[C@H]2C1=O. The minimum Gasteiger partial charge on any atom is -0.354 e. The largest absolute Gasteiger partial charge is 0.354 e. The number of carbonyl (C=O) groups excluding carboxylic acids is 4. The quantitative estimate of drug-likeness (QED) is 0.436. The van der Waals surface area contributed by atoms with Gasteiger partial charge in [-0.3, -0.25) is 24.1 Å². The lowest BCUT2D eigenvalue weighted by atomic mass is 9.85. The highest BCUT2D eigenvalue weighted by molar-refractivity contribution is 6.05. The molecule has 7 heteroatoms. The van der Waals surface area contributed by atoms with Gasteiger partial charge in [0.1, 0.15) is 6.04 Å². The van der Waals surface area contributed by atoms with Crippen LogP contribution in [0.15, 0.2) is 42.5 Å². The van der Waals surface area contributed by atoms with Crippen LogP contribution in [0.1, 0.15) is 45.6 Å². The summed E-state index contributed by atoms with van der Waals surface area (Å²) >= 11 is 0. The average molecular weight is 454 g/mol. The molecule has 0 bridgehead atoms. The summed E-state index contributed by atoms with van der Waals surface area (Å²) in [5.74, 6) is -1.08. The number of hydrogen-bond acceptors (Lipinski definition) is 4. The zero-order valence-electron chi connectivity index (χ0n) is 19.8. The van der Waals surface area contributed by atoms with E-state index in [0.29, 0.717) is 38.3 Å². The molecular formula is C26H35N3O4. The predicted octanol–water partition coefficient (Wildman–Crippen LogP) is 2.56. The number of nitrogens with one attached hydrogen (secondary N) is 1. The second-order valence-electron chi connectivity index (χ2n) is 9.37. The highest BCUT2D eigenvalue weighted by atomic mass is 16.2. The number of rotatable bonds is 10. The first-order valence-corrected chi connectivity index (χ1v) is 11.9. The monoisotopic (exact) mass is 453 g/mol. The summed E-state index contributed by atoms with van der Waals surface area (Å²) in [5, 5.41) is 2.90. The molecule has 1 aliphatic heterocycles. The smallest absolute Gasteiger partial charge is 0.242 e. The van der Waals surface area contributed by atoms with Crippen LogP contribution in [0.2, 0.25) is 0 Å². The number of benzene rings is 1. The minimum atomic E-state index is -0.642. The maximum atomic E-state index is 13.2. The Morgan fingerprint density at radius 1 is 1.03 bits per heavy atom. The summed E-state index contributed by atoms with van der Waals surface area (Å²) in [6, 6.07) is 9.16. The van der Waals surface area contributed by atoms with E-state index in [1.165, 1.54) is 4.90 Å². The van der Waals surface area contributed by atoms with Crippen LogP contribution in [0.3, 0.4) is 0 Å². The lowest BCUT2D eigenvalue weighted by molar-refractivity contribution is -0.143. The molecule has 1 N–H and O–H groups in total. The molecule has 1 fully saturated rings. The number of fused-ring (bicyclic) bond motifs is 1. The summed E-state index contributed by atoms with van der Waals surface area (Å²) in [6.07, 6.45) is 5.69. The molecule has 3 atom stereocenters. The standard InChI is InChI=1S/C26H35N3O4/c1-18(2)17-27-24(31)19(3)28(15-13-20-9-5-4-6-10-20)23(30)14-16-29-25(32)21-11-7-8-12-22(21)26(29)33/h4-10,18-19,21-22H,11-17H2,1-3H3,(H,27,31)/t19-,21-,22+/m1/s1. The van der Waals surface area contributed by atoms with Crippen molar-refractivity contribution in [1.82, 2.24) is 15.1 Å². The number of likely N-dealkylation sites (tertiary alicyclic amines) is 1. The Labute approximate surface area is 196 Å². The molecule has 7 nitrogen and oxygen atoms in total. The number of allylic oxidation sites excluding steroid dienone is 2. The first kappa shape index (κ1) is 24.7. The zero-order chi connectivity index (χ0) is 24.0. The fourth-order valence-electron chi connectivity index (χ4n) is 4.46. The van der Waals surface area contributed by atoms with Gasteiger partial charge in [-0.2, -0.15) is 0 Å². The molecule has 4 amide bonds. The van der Waals surface area contributed by atoms with Crippen LogP contribution in [0.25, 0.3) is 0 Å². The molecule has 1 aliphatic carbocycles. The van der Waals surface area contributed by atoms with Crippen LogP contribution in [-0.4, -0.2) is 59.1 Å². The van der Waals surface area contributed by atoms with E-state index >= 15 is 0 Å². The van der Waals surface area contributed by atoms with E-state index in [1.54, 1.807) is 11.8 Å². The molecule has 33 heavy (non-hydrogen) atoms. The van der Waals surface area contributed by atoms with Gasteiger partial charge in [0.05, 0.1) is 11.8 Å². The number of nitrogens with zero attached hydrogens (tertiary/aromatic N) is 2. The van der Waals surface area contributed by atoms with Gasteiger partial charge < -0.3 is 10.2 Å². The summed E-state index contributed by atoms with van der Waals surface area (Å²) in [6.45, 7) is 6.74. The summed E-state index contributed by atoms with van der Waals surface area (Å²) in [5.41, 5.74) is 1.08. The van der Waals surface area contributed by atoms with Crippen LogP contribution >= 0.6 is 0 Å². The van der Waals surface area contributed by atoms with Crippen LogP contribution in [0, 0.1) is 17.8 Å². The van der Waals surface area contributed by atoms with Crippen molar-refractivity contribution in [3.8, 4) is 0 Å². The Balaban J connectivity index is 1.65. The van der Waals surface area contributed by atoms with Crippen LogP contribution < -0.4 is 5.32 Å². The summed E-state index contributed by atoms with van der Waals surface area (Å²) in [4.78, 5) is 54.2. The number of amides is 4. The van der Waals surface area contributed by atoms with E-state index in [0.717, 1.165) is 5.56 Å². The van der Waals surface area contributed by atoms with E-state index in [1.807, 2.05) is 56.3 Å². The van der Waals surface area contributed by atoms with Crippen molar-refractivity contribution in [2.75, 3.05) is 19.6 Å². The zero-order valence-corrected chi connectivity index (χ0v) is 19.8. The molecule has 3 rings (SSSR count). The van der Waals surface area contributed by atoms with Crippen molar-refractivity contribution < 1.29 is 19.2 Å². The van der Waals surface area contributed by atoms with E-state index < -0.39 is 6.04 Å². The highest BCUT2D eigenvalue weighted by Gasteiger charge is 2.47. The Morgan fingerprint density at radius 3 is 2.21 bits per heavy atom. The first-order valence-electron chi connectivity index (χ1n) is 11.9. The number of carbonyl (C=O) groups is 4. The molecule has 0 unspecified atom stereocenters. The fraction of sp³-hybridized carbons (Fsp3) is 0.538. The topological polar surface area (TPSA) is 86.8 Å². The van der Waals surface area contributed by atoms with Gasteiger partial charge in [-0.05, 0) is 37.7 Å². The van der Waals surface area contributed by atoms with Gasteiger partial charge >= 0.3 is 0 Å². The fourth-order valence-corrected chi connectivity index (χ4v) is 4.46. The van der Waals surface area contributed by atoms with Gasteiger partial charge in [-0.25, -0.2) is 0 Å². The molecule has 0 radical (unpaired) electrons. The van der Waals surface area contributed by atoms with Crippen molar-refractivity contribution in [2.24, 2.45) is 17.8 Å². The molecule has 0 saturated carbocycles. The van der Waals surface area contributed by atoms with Gasteiger partial charge in [0.25, 0.3) is 0 Å². The molecule has 2 aliphatic rings. The molecule has 1 aromatic carbocycles. The second kappa shape index (κ2) is 11.3. The number of imide groups is 1. The van der Waals surface area contributed by atoms with Gasteiger partial charge in [-0.15, -0.1) is 0 Å². The minimum absolute atomic E-state index is 0.0148. The van der Waals surface area contributed by atoms with E-state index in [4.69, 9.17) is 0 Å². The molecule has 178 valence electrons. The normalized spacial score (nSPS) is 20.7. The Bertz CT molecular complexity index is 870. The Kier molecular flexibility index (Phi) is 8.42. The van der Waals surface area contributed by atoms with Crippen LogP contribution in [0.5, 0.6) is 0 Å². The van der Waals surface area contributed by atoms with Gasteiger partial charge in [0, 0.05) is 26.1 Å². The lowest BCUT2D eigenvalue weighted by Gasteiger charge is -2.29.